The number of nitrogens with one attached hydrogen (secondary N) is 2. The molecule has 2 aromatic carbocycles. The van der Waals surface area contributed by atoms with Crippen molar-refractivity contribution < 1.29 is 23.5 Å². The molecule has 0 heterocycles. The highest BCUT2D eigenvalue weighted by atomic mass is 19.1. The zero-order valence-corrected chi connectivity index (χ0v) is 15.7. The second kappa shape index (κ2) is 10.8. The number of amides is 2. The molecule has 0 aromatic heterocycles. The maximum atomic E-state index is 12.8. The smallest absolute Gasteiger partial charge is 0.276 e. The Morgan fingerprint density at radius 3 is 2.18 bits per heavy atom. The summed E-state index contributed by atoms with van der Waals surface area (Å²) >= 11 is 0. The molecule has 0 aliphatic carbocycles. The number of hydrogen-bond acceptors (Lipinski definition) is 4. The third kappa shape index (κ3) is 7.19. The van der Waals surface area contributed by atoms with Crippen molar-refractivity contribution in [1.82, 2.24) is 10.9 Å². The number of hydrazine groups is 1. The first-order valence-electron chi connectivity index (χ1n) is 9.06. The van der Waals surface area contributed by atoms with Gasteiger partial charge in [-0.15, -0.1) is 0 Å². The van der Waals surface area contributed by atoms with E-state index in [0.717, 1.165) is 12.8 Å². The van der Waals surface area contributed by atoms with Crippen LogP contribution in [0.3, 0.4) is 0 Å². The lowest BCUT2D eigenvalue weighted by atomic mass is 10.0. The van der Waals surface area contributed by atoms with Crippen LogP contribution < -0.4 is 15.6 Å². The summed E-state index contributed by atoms with van der Waals surface area (Å²) in [7, 11) is 0. The Balaban J connectivity index is 1.66. The highest BCUT2D eigenvalue weighted by Gasteiger charge is 2.10. The van der Waals surface area contributed by atoms with Crippen molar-refractivity contribution in [2.45, 2.75) is 32.6 Å². The molecule has 2 aromatic rings. The van der Waals surface area contributed by atoms with Gasteiger partial charge in [-0.25, -0.2) is 4.39 Å². The van der Waals surface area contributed by atoms with Crippen LogP contribution in [-0.2, 0) is 16.0 Å². The molecule has 0 saturated heterocycles. The Labute approximate surface area is 163 Å². The summed E-state index contributed by atoms with van der Waals surface area (Å²) in [6, 6.07) is 12.6. The molecular weight excluding hydrogens is 363 g/mol. The summed E-state index contributed by atoms with van der Waals surface area (Å²) in [6.07, 6.45) is 1.99. The number of aryl methyl sites for hydroxylation is 1. The zero-order valence-electron chi connectivity index (χ0n) is 15.7. The maximum absolute atomic E-state index is 12.8. The number of ketones is 1. The summed E-state index contributed by atoms with van der Waals surface area (Å²) in [5, 5.41) is 0. The average Bonchev–Trinajstić information content (AvgIpc) is 2.71. The molecule has 2 amide bonds. The molecule has 6 nitrogen and oxygen atoms in total. The van der Waals surface area contributed by atoms with Gasteiger partial charge in [0.2, 0.25) is 5.91 Å². The van der Waals surface area contributed by atoms with Crippen LogP contribution >= 0.6 is 0 Å². The molecule has 148 valence electrons. The number of ether oxygens (including phenoxy) is 1. The molecule has 0 unspecified atom stereocenters. The fourth-order valence-corrected chi connectivity index (χ4v) is 2.44. The molecule has 0 saturated carbocycles. The minimum absolute atomic E-state index is 0.0426. The molecular formula is C21H23FN2O4. The van der Waals surface area contributed by atoms with E-state index in [2.05, 4.69) is 17.8 Å². The van der Waals surface area contributed by atoms with Gasteiger partial charge in [0.15, 0.2) is 12.4 Å². The number of hydrogen-bond donors (Lipinski definition) is 2. The Hall–Kier alpha value is -3.22. The van der Waals surface area contributed by atoms with Crippen molar-refractivity contribution in [3.05, 3.63) is 65.5 Å². The van der Waals surface area contributed by atoms with Gasteiger partial charge in [0.25, 0.3) is 5.91 Å². The summed E-state index contributed by atoms with van der Waals surface area (Å²) in [5.41, 5.74) is 6.16. The topological polar surface area (TPSA) is 84.5 Å². The van der Waals surface area contributed by atoms with E-state index in [-0.39, 0.29) is 25.2 Å². The molecule has 0 aliphatic rings. The normalized spacial score (nSPS) is 10.2. The van der Waals surface area contributed by atoms with Crippen molar-refractivity contribution in [2.75, 3.05) is 6.61 Å². The Morgan fingerprint density at radius 2 is 1.54 bits per heavy atom. The van der Waals surface area contributed by atoms with E-state index in [9.17, 15) is 18.8 Å². The predicted molar refractivity (Wildman–Crippen MR) is 102 cm³/mol. The van der Waals surface area contributed by atoms with Gasteiger partial charge in [0.05, 0.1) is 0 Å². The van der Waals surface area contributed by atoms with E-state index in [4.69, 9.17) is 4.74 Å². The average molecular weight is 386 g/mol. The number of carbonyl (C=O) groups excluding carboxylic acids is 3. The van der Waals surface area contributed by atoms with Gasteiger partial charge in [0.1, 0.15) is 11.6 Å². The SMILES string of the molecule is CCCc1ccc(C(=O)CCC(=O)NNC(=O)COc2ccc(F)cc2)cc1. The number of rotatable bonds is 9. The van der Waals surface area contributed by atoms with Crippen LogP contribution in [0.1, 0.15) is 42.1 Å². The van der Waals surface area contributed by atoms with Crippen molar-refractivity contribution in [3.8, 4) is 5.75 Å². The number of benzene rings is 2. The van der Waals surface area contributed by atoms with Gasteiger partial charge in [-0.1, -0.05) is 37.6 Å². The quantitative estimate of drug-likeness (QED) is 0.513. The molecule has 2 rings (SSSR count). The zero-order chi connectivity index (χ0) is 20.4. The van der Waals surface area contributed by atoms with Gasteiger partial charge in [-0.3, -0.25) is 25.2 Å². The largest absolute Gasteiger partial charge is 0.484 e. The minimum atomic E-state index is -0.574. The van der Waals surface area contributed by atoms with Gasteiger partial charge >= 0.3 is 0 Å². The van der Waals surface area contributed by atoms with Crippen LogP contribution in [0.5, 0.6) is 5.75 Å². The standard InChI is InChI=1S/C21H23FN2O4/c1-2-3-15-4-6-16(7-5-15)19(25)12-13-20(26)23-24-21(27)14-28-18-10-8-17(22)9-11-18/h4-11H,2-3,12-14H2,1H3,(H,23,26)(H,24,27). The Kier molecular flexibility index (Phi) is 8.14. The number of halogens is 1. The lowest BCUT2D eigenvalue weighted by Gasteiger charge is -2.09. The molecule has 0 aliphatic heterocycles. The summed E-state index contributed by atoms with van der Waals surface area (Å²) in [6.45, 7) is 1.75. The van der Waals surface area contributed by atoms with E-state index < -0.39 is 17.6 Å². The van der Waals surface area contributed by atoms with Crippen molar-refractivity contribution in [1.29, 1.82) is 0 Å². The van der Waals surface area contributed by atoms with Gasteiger partial charge in [0, 0.05) is 18.4 Å². The highest BCUT2D eigenvalue weighted by Crippen LogP contribution is 2.11. The molecule has 0 radical (unpaired) electrons. The van der Waals surface area contributed by atoms with E-state index in [1.54, 1.807) is 12.1 Å². The Morgan fingerprint density at radius 1 is 0.893 bits per heavy atom. The second-order valence-electron chi connectivity index (χ2n) is 6.21. The van der Waals surface area contributed by atoms with E-state index in [1.165, 1.54) is 29.8 Å². The molecule has 0 fully saturated rings. The van der Waals surface area contributed by atoms with E-state index in [0.29, 0.717) is 11.3 Å². The van der Waals surface area contributed by atoms with E-state index in [1.807, 2.05) is 12.1 Å². The second-order valence-corrected chi connectivity index (χ2v) is 6.21. The van der Waals surface area contributed by atoms with E-state index >= 15 is 0 Å². The minimum Gasteiger partial charge on any atom is -0.484 e. The van der Waals surface area contributed by atoms with Gasteiger partial charge in [-0.2, -0.15) is 0 Å². The van der Waals surface area contributed by atoms with Crippen molar-refractivity contribution in [3.63, 3.8) is 0 Å². The first kappa shape index (κ1) is 21.1. The third-order valence-corrected chi connectivity index (χ3v) is 3.92. The van der Waals surface area contributed by atoms with Crippen molar-refractivity contribution in [2.24, 2.45) is 0 Å². The lowest BCUT2D eigenvalue weighted by Crippen LogP contribution is -2.43. The first-order chi connectivity index (χ1) is 13.5. The predicted octanol–water partition coefficient (Wildman–Crippen LogP) is 2.97. The summed E-state index contributed by atoms with van der Waals surface area (Å²) < 4.78 is 17.9. The molecule has 0 bridgehead atoms. The van der Waals surface area contributed by atoms with Gasteiger partial charge in [-0.05, 0) is 36.2 Å². The number of Topliss-reactive ketones (excluding diaryl/α,β-unsaturated/α-hetero) is 1. The van der Waals surface area contributed by atoms with Crippen molar-refractivity contribution >= 4 is 17.6 Å². The summed E-state index contributed by atoms with van der Waals surface area (Å²) in [4.78, 5) is 35.5. The fourth-order valence-electron chi connectivity index (χ4n) is 2.44. The van der Waals surface area contributed by atoms with Crippen LogP contribution in [0.25, 0.3) is 0 Å². The van der Waals surface area contributed by atoms with Gasteiger partial charge < -0.3 is 4.74 Å². The summed E-state index contributed by atoms with van der Waals surface area (Å²) in [5.74, 6) is -1.26. The maximum Gasteiger partial charge on any atom is 0.276 e. The molecule has 0 atom stereocenters. The van der Waals surface area contributed by atoms with Crippen LogP contribution in [0.4, 0.5) is 4.39 Å². The highest BCUT2D eigenvalue weighted by molar-refractivity contribution is 5.98. The van der Waals surface area contributed by atoms with Crippen LogP contribution in [0, 0.1) is 5.82 Å². The van der Waals surface area contributed by atoms with Crippen LogP contribution in [0.2, 0.25) is 0 Å². The first-order valence-corrected chi connectivity index (χ1v) is 9.06. The third-order valence-electron chi connectivity index (χ3n) is 3.92. The van der Waals surface area contributed by atoms with Crippen LogP contribution in [-0.4, -0.2) is 24.2 Å². The van der Waals surface area contributed by atoms with Crippen LogP contribution in [0.15, 0.2) is 48.5 Å². The monoisotopic (exact) mass is 386 g/mol. The lowest BCUT2D eigenvalue weighted by molar-refractivity contribution is -0.130. The number of carbonyl (C=O) groups is 3. The molecule has 0 spiro atoms. The Bertz CT molecular complexity index is 804. The molecule has 28 heavy (non-hydrogen) atoms. The molecule has 7 heteroatoms. The molecule has 2 N–H and O–H groups in total. The fraction of sp³-hybridized carbons (Fsp3) is 0.286.